The van der Waals surface area contributed by atoms with Crippen LogP contribution in [0.25, 0.3) is 11.5 Å². The van der Waals surface area contributed by atoms with Gasteiger partial charge in [0.25, 0.3) is 0 Å². The van der Waals surface area contributed by atoms with Crippen LogP contribution in [0.3, 0.4) is 0 Å². The number of esters is 1. The van der Waals surface area contributed by atoms with Crippen LogP contribution in [0.4, 0.5) is 0 Å². The number of carbonyl (C=O) groups excluding carboxylic acids is 1. The Balaban J connectivity index is 2.23. The Kier molecular flexibility index (Phi) is 3.53. The van der Waals surface area contributed by atoms with Gasteiger partial charge in [0.15, 0.2) is 0 Å². The predicted molar refractivity (Wildman–Crippen MR) is 63.4 cm³/mol. The maximum absolute atomic E-state index is 11.3. The number of hydrogen-bond donors (Lipinski definition) is 0. The number of ether oxygens (including phenoxy) is 1. The Morgan fingerprint density at radius 2 is 2.06 bits per heavy atom. The first-order valence-corrected chi connectivity index (χ1v) is 5.76. The minimum absolute atomic E-state index is 0.134. The molecular formula is C11H9BrN2O3. The summed E-state index contributed by atoms with van der Waals surface area (Å²) < 4.78 is 10.9. The first-order valence-electron chi connectivity index (χ1n) is 4.97. The SMILES string of the molecule is CCOC(=O)c1nnc(-c2ccc(Br)cc2)o1. The fourth-order valence-electron chi connectivity index (χ4n) is 1.21. The van der Waals surface area contributed by atoms with Gasteiger partial charge in [-0.25, -0.2) is 4.79 Å². The average Bonchev–Trinajstić information content (AvgIpc) is 2.80. The van der Waals surface area contributed by atoms with Crippen molar-refractivity contribution in [3.8, 4) is 11.5 Å². The van der Waals surface area contributed by atoms with E-state index in [1.54, 1.807) is 6.92 Å². The molecule has 0 radical (unpaired) electrons. The highest BCUT2D eigenvalue weighted by Gasteiger charge is 2.16. The van der Waals surface area contributed by atoms with Crippen molar-refractivity contribution in [3.05, 3.63) is 34.6 Å². The van der Waals surface area contributed by atoms with Crippen LogP contribution in [0.2, 0.25) is 0 Å². The Labute approximate surface area is 106 Å². The summed E-state index contributed by atoms with van der Waals surface area (Å²) >= 11 is 3.33. The van der Waals surface area contributed by atoms with Crippen LogP contribution in [0.15, 0.2) is 33.2 Å². The Bertz CT molecular complexity index is 522. The van der Waals surface area contributed by atoms with E-state index in [0.717, 1.165) is 10.0 Å². The van der Waals surface area contributed by atoms with Crippen molar-refractivity contribution in [2.24, 2.45) is 0 Å². The molecule has 0 amide bonds. The predicted octanol–water partition coefficient (Wildman–Crippen LogP) is 2.68. The number of rotatable bonds is 3. The van der Waals surface area contributed by atoms with Gasteiger partial charge in [0.1, 0.15) is 0 Å². The fourth-order valence-corrected chi connectivity index (χ4v) is 1.47. The van der Waals surface area contributed by atoms with Gasteiger partial charge in [0.05, 0.1) is 6.61 Å². The highest BCUT2D eigenvalue weighted by molar-refractivity contribution is 9.10. The number of carbonyl (C=O) groups is 1. The quantitative estimate of drug-likeness (QED) is 0.815. The zero-order valence-corrected chi connectivity index (χ0v) is 10.6. The van der Waals surface area contributed by atoms with Crippen molar-refractivity contribution in [2.75, 3.05) is 6.61 Å². The maximum atomic E-state index is 11.3. The third kappa shape index (κ3) is 2.71. The summed E-state index contributed by atoms with van der Waals surface area (Å²) in [5, 5.41) is 7.42. The lowest BCUT2D eigenvalue weighted by Crippen LogP contribution is -2.04. The van der Waals surface area contributed by atoms with Gasteiger partial charge in [-0.05, 0) is 31.2 Å². The van der Waals surface area contributed by atoms with Crippen molar-refractivity contribution in [2.45, 2.75) is 6.92 Å². The molecular weight excluding hydrogens is 288 g/mol. The molecule has 0 saturated carbocycles. The van der Waals surface area contributed by atoms with Gasteiger partial charge >= 0.3 is 11.9 Å². The number of nitrogens with zero attached hydrogens (tertiary/aromatic N) is 2. The third-order valence-corrected chi connectivity index (χ3v) is 2.49. The molecule has 0 bridgehead atoms. The van der Waals surface area contributed by atoms with E-state index >= 15 is 0 Å². The molecule has 1 aromatic heterocycles. The van der Waals surface area contributed by atoms with E-state index in [-0.39, 0.29) is 12.5 Å². The minimum Gasteiger partial charge on any atom is -0.459 e. The molecule has 0 aliphatic heterocycles. The van der Waals surface area contributed by atoms with Crippen LogP contribution < -0.4 is 0 Å². The monoisotopic (exact) mass is 296 g/mol. The second-order valence-electron chi connectivity index (χ2n) is 3.14. The summed E-state index contributed by atoms with van der Waals surface area (Å²) in [4.78, 5) is 11.3. The lowest BCUT2D eigenvalue weighted by molar-refractivity contribution is 0.0481. The normalized spacial score (nSPS) is 10.2. The molecule has 2 rings (SSSR count). The van der Waals surface area contributed by atoms with Crippen molar-refractivity contribution in [3.63, 3.8) is 0 Å². The second kappa shape index (κ2) is 5.09. The van der Waals surface area contributed by atoms with Crippen molar-refractivity contribution >= 4 is 21.9 Å². The van der Waals surface area contributed by atoms with Gasteiger partial charge in [-0.2, -0.15) is 0 Å². The lowest BCUT2D eigenvalue weighted by Gasteiger charge is -1.95. The molecule has 17 heavy (non-hydrogen) atoms. The highest BCUT2D eigenvalue weighted by Crippen LogP contribution is 2.20. The van der Waals surface area contributed by atoms with Crippen LogP contribution >= 0.6 is 15.9 Å². The number of halogens is 1. The molecule has 1 heterocycles. The first-order chi connectivity index (χ1) is 8.20. The van der Waals surface area contributed by atoms with Gasteiger partial charge < -0.3 is 9.15 Å². The lowest BCUT2D eigenvalue weighted by atomic mass is 10.2. The molecule has 0 fully saturated rings. The molecule has 0 aliphatic carbocycles. The molecule has 0 aliphatic rings. The fraction of sp³-hybridized carbons (Fsp3) is 0.182. The Morgan fingerprint density at radius 3 is 2.71 bits per heavy atom. The third-order valence-electron chi connectivity index (χ3n) is 1.97. The molecule has 2 aromatic rings. The molecule has 6 heteroatoms. The van der Waals surface area contributed by atoms with E-state index < -0.39 is 5.97 Å². The number of aromatic nitrogens is 2. The van der Waals surface area contributed by atoms with E-state index in [9.17, 15) is 4.79 Å². The van der Waals surface area contributed by atoms with Crippen LogP contribution in [-0.4, -0.2) is 22.8 Å². The molecule has 0 spiro atoms. The first kappa shape index (κ1) is 11.8. The molecule has 0 saturated heterocycles. The Morgan fingerprint density at radius 1 is 1.35 bits per heavy atom. The molecule has 88 valence electrons. The van der Waals surface area contributed by atoms with Gasteiger partial charge in [0.2, 0.25) is 5.89 Å². The summed E-state index contributed by atoms with van der Waals surface area (Å²) in [6.45, 7) is 1.98. The summed E-state index contributed by atoms with van der Waals surface area (Å²) in [5.74, 6) is -0.450. The van der Waals surface area contributed by atoms with Crippen molar-refractivity contribution in [1.82, 2.24) is 10.2 Å². The Hall–Kier alpha value is -1.69. The molecule has 0 unspecified atom stereocenters. The molecule has 0 atom stereocenters. The van der Waals surface area contributed by atoms with E-state index in [4.69, 9.17) is 9.15 Å². The smallest absolute Gasteiger partial charge is 0.396 e. The van der Waals surface area contributed by atoms with E-state index in [1.807, 2.05) is 24.3 Å². The van der Waals surface area contributed by atoms with E-state index in [0.29, 0.717) is 5.89 Å². The van der Waals surface area contributed by atoms with Crippen molar-refractivity contribution < 1.29 is 13.9 Å². The summed E-state index contributed by atoms with van der Waals surface area (Å²) in [6.07, 6.45) is 0. The zero-order valence-electron chi connectivity index (χ0n) is 9.01. The largest absolute Gasteiger partial charge is 0.459 e. The zero-order chi connectivity index (χ0) is 12.3. The summed E-state index contributed by atoms with van der Waals surface area (Å²) in [7, 11) is 0. The summed E-state index contributed by atoms with van der Waals surface area (Å²) in [5.41, 5.74) is 0.747. The number of hydrogen-bond acceptors (Lipinski definition) is 5. The van der Waals surface area contributed by atoms with Gasteiger partial charge in [0, 0.05) is 10.0 Å². The van der Waals surface area contributed by atoms with Crippen LogP contribution in [0, 0.1) is 0 Å². The van der Waals surface area contributed by atoms with Gasteiger partial charge in [-0.3, -0.25) is 0 Å². The molecule has 5 nitrogen and oxygen atoms in total. The van der Waals surface area contributed by atoms with Crippen LogP contribution in [0.5, 0.6) is 0 Å². The highest BCUT2D eigenvalue weighted by atomic mass is 79.9. The van der Waals surface area contributed by atoms with Crippen molar-refractivity contribution in [1.29, 1.82) is 0 Å². The van der Waals surface area contributed by atoms with Gasteiger partial charge in [-0.15, -0.1) is 10.2 Å². The second-order valence-corrected chi connectivity index (χ2v) is 4.06. The number of benzene rings is 1. The van der Waals surface area contributed by atoms with E-state index in [2.05, 4.69) is 26.1 Å². The standard InChI is InChI=1S/C11H9BrN2O3/c1-2-16-11(15)10-14-13-9(17-10)7-3-5-8(12)6-4-7/h3-6H,2H2,1H3. The van der Waals surface area contributed by atoms with Crippen LogP contribution in [-0.2, 0) is 4.74 Å². The van der Waals surface area contributed by atoms with Gasteiger partial charge in [-0.1, -0.05) is 15.9 Å². The van der Waals surface area contributed by atoms with Crippen LogP contribution in [0.1, 0.15) is 17.6 Å². The van der Waals surface area contributed by atoms with E-state index in [1.165, 1.54) is 0 Å². The maximum Gasteiger partial charge on any atom is 0.396 e. The topological polar surface area (TPSA) is 65.2 Å². The molecule has 0 N–H and O–H groups in total. The average molecular weight is 297 g/mol. The summed E-state index contributed by atoms with van der Waals surface area (Å²) in [6, 6.07) is 7.33. The molecule has 1 aromatic carbocycles. The minimum atomic E-state index is -0.608.